The quantitative estimate of drug-likeness (QED) is 0.889. The van der Waals surface area contributed by atoms with Gasteiger partial charge in [0.2, 0.25) is 0 Å². The third-order valence-corrected chi connectivity index (χ3v) is 4.41. The Balaban J connectivity index is 1.63. The van der Waals surface area contributed by atoms with Gasteiger partial charge in [-0.3, -0.25) is 4.98 Å². The van der Waals surface area contributed by atoms with Crippen molar-refractivity contribution < 1.29 is 0 Å². The highest BCUT2D eigenvalue weighted by atomic mass is 14.6. The van der Waals surface area contributed by atoms with Gasteiger partial charge < -0.3 is 5.73 Å². The molecule has 2 aromatic rings. The number of pyridine rings is 1. The van der Waals surface area contributed by atoms with Crippen LogP contribution in [0.25, 0.3) is 0 Å². The normalized spacial score (nSPS) is 16.6. The van der Waals surface area contributed by atoms with E-state index in [1.165, 1.54) is 36.0 Å². The van der Waals surface area contributed by atoms with Gasteiger partial charge in [0.05, 0.1) is 0 Å². The van der Waals surface area contributed by atoms with Crippen molar-refractivity contribution in [1.82, 2.24) is 4.98 Å². The van der Waals surface area contributed by atoms with Crippen molar-refractivity contribution in [3.05, 3.63) is 65.5 Å². The van der Waals surface area contributed by atoms with E-state index in [0.29, 0.717) is 0 Å². The summed E-state index contributed by atoms with van der Waals surface area (Å²) in [7, 11) is 0. The molecule has 2 heteroatoms. The number of aromatic nitrogens is 1. The Hall–Kier alpha value is -1.67. The molecule has 1 aliphatic carbocycles. The van der Waals surface area contributed by atoms with Crippen LogP contribution in [0.5, 0.6) is 0 Å². The molecule has 2 nitrogen and oxygen atoms in total. The Morgan fingerprint density at radius 2 is 1.95 bits per heavy atom. The van der Waals surface area contributed by atoms with Crippen molar-refractivity contribution in [3.63, 3.8) is 0 Å². The van der Waals surface area contributed by atoms with Crippen LogP contribution in [0.1, 0.15) is 54.3 Å². The molecule has 1 fully saturated rings. The van der Waals surface area contributed by atoms with E-state index in [-0.39, 0.29) is 6.04 Å². The van der Waals surface area contributed by atoms with E-state index in [9.17, 15) is 0 Å². The summed E-state index contributed by atoms with van der Waals surface area (Å²) < 4.78 is 0. The molecule has 0 saturated heterocycles. The molecule has 20 heavy (non-hydrogen) atoms. The van der Waals surface area contributed by atoms with E-state index in [1.54, 1.807) is 0 Å². The fourth-order valence-electron chi connectivity index (χ4n) is 2.82. The molecule has 0 amide bonds. The highest BCUT2D eigenvalue weighted by Gasteiger charge is 2.20. The summed E-state index contributed by atoms with van der Waals surface area (Å²) in [6.07, 6.45) is 9.75. The van der Waals surface area contributed by atoms with Crippen LogP contribution in [0.4, 0.5) is 0 Å². The van der Waals surface area contributed by atoms with Gasteiger partial charge in [-0.2, -0.15) is 0 Å². The average Bonchev–Trinajstić information content (AvgIpc) is 2.44. The molecule has 0 bridgehead atoms. The lowest BCUT2D eigenvalue weighted by Crippen LogP contribution is -2.13. The van der Waals surface area contributed by atoms with Gasteiger partial charge in [-0.15, -0.1) is 0 Å². The number of aryl methyl sites for hydroxylation is 1. The second-order valence-corrected chi connectivity index (χ2v) is 5.80. The lowest BCUT2D eigenvalue weighted by Gasteiger charge is -2.26. The van der Waals surface area contributed by atoms with Crippen molar-refractivity contribution >= 4 is 0 Å². The Bertz CT molecular complexity index is 546. The minimum atomic E-state index is 0.128. The van der Waals surface area contributed by atoms with Gasteiger partial charge in [0.15, 0.2) is 0 Å². The number of nitrogens with zero attached hydrogens (tertiary/aromatic N) is 1. The highest BCUT2D eigenvalue weighted by molar-refractivity contribution is 5.29. The van der Waals surface area contributed by atoms with Crippen molar-refractivity contribution in [2.45, 2.75) is 44.1 Å². The van der Waals surface area contributed by atoms with Gasteiger partial charge >= 0.3 is 0 Å². The first-order valence-electron chi connectivity index (χ1n) is 7.57. The highest BCUT2D eigenvalue weighted by Crippen LogP contribution is 2.37. The van der Waals surface area contributed by atoms with Crippen LogP contribution in [0.2, 0.25) is 0 Å². The molecule has 1 aromatic carbocycles. The lowest BCUT2D eigenvalue weighted by molar-refractivity contribution is 0.419. The fraction of sp³-hybridized carbons (Fsp3) is 0.389. The summed E-state index contributed by atoms with van der Waals surface area (Å²) in [5, 5.41) is 0. The predicted molar refractivity (Wildman–Crippen MR) is 82.5 cm³/mol. The molecule has 0 aliphatic heterocycles. The summed E-state index contributed by atoms with van der Waals surface area (Å²) in [6.45, 7) is 0. The molecule has 3 rings (SSSR count). The SMILES string of the molecule is NC(CCc1ccncc1)c1cccc(C2CCC2)c1. The molecular weight excluding hydrogens is 244 g/mol. The summed E-state index contributed by atoms with van der Waals surface area (Å²) >= 11 is 0. The molecule has 104 valence electrons. The second kappa shape index (κ2) is 6.19. The molecule has 1 aromatic heterocycles. The molecular formula is C18H22N2. The standard InChI is InChI=1S/C18H22N2/c19-18(8-7-14-9-11-20-12-10-14)17-6-2-5-16(13-17)15-3-1-4-15/h2,5-6,9-13,15,18H,1,3-4,7-8,19H2. The zero-order valence-electron chi connectivity index (χ0n) is 11.8. The summed E-state index contributed by atoms with van der Waals surface area (Å²) in [4.78, 5) is 4.05. The Kier molecular flexibility index (Phi) is 4.12. The molecule has 0 spiro atoms. The first kappa shape index (κ1) is 13.3. The minimum absolute atomic E-state index is 0.128. The number of nitrogens with two attached hydrogens (primary N) is 1. The molecule has 0 radical (unpaired) electrons. The van der Waals surface area contributed by atoms with Crippen molar-refractivity contribution in [2.24, 2.45) is 5.73 Å². The molecule has 1 atom stereocenters. The monoisotopic (exact) mass is 266 g/mol. The van der Waals surface area contributed by atoms with Gasteiger partial charge in [0.1, 0.15) is 0 Å². The maximum absolute atomic E-state index is 6.36. The van der Waals surface area contributed by atoms with Crippen LogP contribution in [0.15, 0.2) is 48.8 Å². The third kappa shape index (κ3) is 3.07. The zero-order valence-corrected chi connectivity index (χ0v) is 11.8. The first-order valence-corrected chi connectivity index (χ1v) is 7.57. The first-order chi connectivity index (χ1) is 9.83. The number of hydrogen-bond acceptors (Lipinski definition) is 2. The van der Waals surface area contributed by atoms with Crippen molar-refractivity contribution in [3.8, 4) is 0 Å². The van der Waals surface area contributed by atoms with Gasteiger partial charge in [0.25, 0.3) is 0 Å². The van der Waals surface area contributed by atoms with Crippen LogP contribution < -0.4 is 5.73 Å². The molecule has 2 N–H and O–H groups in total. The van der Waals surface area contributed by atoms with E-state index in [0.717, 1.165) is 18.8 Å². The van der Waals surface area contributed by atoms with Crippen LogP contribution >= 0.6 is 0 Å². The van der Waals surface area contributed by atoms with Crippen LogP contribution in [0.3, 0.4) is 0 Å². The average molecular weight is 266 g/mol. The molecule has 1 heterocycles. The van der Waals surface area contributed by atoms with Crippen LogP contribution in [0, 0.1) is 0 Å². The zero-order chi connectivity index (χ0) is 13.8. The Labute approximate surface area is 121 Å². The molecule has 1 saturated carbocycles. The van der Waals surface area contributed by atoms with Crippen molar-refractivity contribution in [2.75, 3.05) is 0 Å². The summed E-state index contributed by atoms with van der Waals surface area (Å²) in [6, 6.07) is 13.2. The van der Waals surface area contributed by atoms with E-state index >= 15 is 0 Å². The van der Waals surface area contributed by atoms with E-state index in [1.807, 2.05) is 12.4 Å². The molecule has 1 unspecified atom stereocenters. The van der Waals surface area contributed by atoms with Crippen LogP contribution in [-0.2, 0) is 6.42 Å². The van der Waals surface area contributed by atoms with Gasteiger partial charge in [0, 0.05) is 18.4 Å². The topological polar surface area (TPSA) is 38.9 Å². The van der Waals surface area contributed by atoms with Gasteiger partial charge in [-0.05, 0) is 60.4 Å². The fourth-order valence-corrected chi connectivity index (χ4v) is 2.82. The Morgan fingerprint density at radius 1 is 1.15 bits per heavy atom. The summed E-state index contributed by atoms with van der Waals surface area (Å²) in [5.41, 5.74) is 10.4. The molecule has 1 aliphatic rings. The van der Waals surface area contributed by atoms with E-state index in [4.69, 9.17) is 5.73 Å². The Morgan fingerprint density at radius 3 is 2.65 bits per heavy atom. The van der Waals surface area contributed by atoms with Crippen molar-refractivity contribution in [1.29, 1.82) is 0 Å². The smallest absolute Gasteiger partial charge is 0.0298 e. The number of hydrogen-bond donors (Lipinski definition) is 1. The lowest BCUT2D eigenvalue weighted by atomic mass is 9.79. The maximum atomic E-state index is 6.36. The summed E-state index contributed by atoms with van der Waals surface area (Å²) in [5.74, 6) is 0.780. The van der Waals surface area contributed by atoms with Gasteiger partial charge in [-0.25, -0.2) is 0 Å². The second-order valence-electron chi connectivity index (χ2n) is 5.80. The predicted octanol–water partition coefficient (Wildman–Crippen LogP) is 3.98. The largest absolute Gasteiger partial charge is 0.324 e. The van der Waals surface area contributed by atoms with E-state index < -0.39 is 0 Å². The van der Waals surface area contributed by atoms with Gasteiger partial charge in [-0.1, -0.05) is 30.7 Å². The number of benzene rings is 1. The van der Waals surface area contributed by atoms with Crippen LogP contribution in [-0.4, -0.2) is 4.98 Å². The minimum Gasteiger partial charge on any atom is -0.324 e. The van der Waals surface area contributed by atoms with E-state index in [2.05, 4.69) is 41.4 Å². The maximum Gasteiger partial charge on any atom is 0.0298 e. The number of rotatable bonds is 5. The third-order valence-electron chi connectivity index (χ3n) is 4.41.